The van der Waals surface area contributed by atoms with Gasteiger partial charge in [-0.05, 0) is 24.6 Å². The molecule has 0 aliphatic carbocycles. The van der Waals surface area contributed by atoms with Crippen molar-refractivity contribution >= 4 is 11.8 Å². The van der Waals surface area contributed by atoms with Gasteiger partial charge in [0.2, 0.25) is 5.95 Å². The summed E-state index contributed by atoms with van der Waals surface area (Å²) < 4.78 is 10.7. The van der Waals surface area contributed by atoms with Gasteiger partial charge in [0, 0.05) is 23.7 Å². The van der Waals surface area contributed by atoms with Crippen molar-refractivity contribution in [2.75, 3.05) is 25.7 Å². The number of hydrogen-bond acceptors (Lipinski definition) is 7. The second-order valence-electron chi connectivity index (χ2n) is 4.91. The standard InChI is InChI=1S/C15H20N4O3/c1-8(20)11-5-9(6-12(21-2)13(11)22-3)4-10-7-18-15(17)19-14(10)16/h5-8,20H,4H2,1-3H3,(H4,16,17,18,19). The first kappa shape index (κ1) is 15.8. The Balaban J connectivity index is 2.45. The number of nitrogen functional groups attached to an aromatic ring is 2. The monoisotopic (exact) mass is 304 g/mol. The molecule has 118 valence electrons. The highest BCUT2D eigenvalue weighted by atomic mass is 16.5. The van der Waals surface area contributed by atoms with E-state index in [1.165, 1.54) is 7.11 Å². The molecule has 7 nitrogen and oxygen atoms in total. The van der Waals surface area contributed by atoms with E-state index < -0.39 is 6.10 Å². The number of aliphatic hydroxyl groups is 1. The summed E-state index contributed by atoms with van der Waals surface area (Å²) in [5, 5.41) is 9.94. The molecular formula is C15H20N4O3. The van der Waals surface area contributed by atoms with Crippen LogP contribution >= 0.6 is 0 Å². The van der Waals surface area contributed by atoms with Gasteiger partial charge in [-0.1, -0.05) is 0 Å². The van der Waals surface area contributed by atoms with Gasteiger partial charge in [0.15, 0.2) is 11.5 Å². The highest BCUT2D eigenvalue weighted by molar-refractivity contribution is 5.52. The molecule has 1 heterocycles. The Bertz CT molecular complexity index is 674. The number of aromatic nitrogens is 2. The molecule has 0 saturated heterocycles. The molecule has 22 heavy (non-hydrogen) atoms. The van der Waals surface area contributed by atoms with Gasteiger partial charge in [0.05, 0.1) is 20.3 Å². The number of anilines is 2. The fraction of sp³-hybridized carbons (Fsp3) is 0.333. The summed E-state index contributed by atoms with van der Waals surface area (Å²) in [6.45, 7) is 1.67. The number of nitrogens with zero attached hydrogens (tertiary/aromatic N) is 2. The van der Waals surface area contributed by atoms with Crippen molar-refractivity contribution in [3.63, 3.8) is 0 Å². The second kappa shape index (κ2) is 6.48. The molecule has 1 aromatic heterocycles. The molecule has 1 unspecified atom stereocenters. The van der Waals surface area contributed by atoms with Crippen molar-refractivity contribution in [1.29, 1.82) is 0 Å². The molecule has 0 saturated carbocycles. The zero-order valence-corrected chi connectivity index (χ0v) is 12.8. The van der Waals surface area contributed by atoms with Gasteiger partial charge in [-0.15, -0.1) is 0 Å². The number of benzene rings is 1. The first-order chi connectivity index (χ1) is 10.5. The van der Waals surface area contributed by atoms with Gasteiger partial charge in [-0.25, -0.2) is 4.98 Å². The Morgan fingerprint density at radius 3 is 2.50 bits per heavy atom. The molecule has 2 rings (SSSR count). The minimum Gasteiger partial charge on any atom is -0.493 e. The molecule has 0 amide bonds. The number of nitrogens with two attached hydrogens (primary N) is 2. The molecule has 1 aromatic carbocycles. The molecule has 7 heteroatoms. The zero-order chi connectivity index (χ0) is 16.3. The maximum Gasteiger partial charge on any atom is 0.221 e. The predicted molar refractivity (Wildman–Crippen MR) is 83.8 cm³/mol. The van der Waals surface area contributed by atoms with Crippen LogP contribution in [0, 0.1) is 0 Å². The van der Waals surface area contributed by atoms with E-state index in [0.29, 0.717) is 29.3 Å². The smallest absolute Gasteiger partial charge is 0.221 e. The molecule has 0 radical (unpaired) electrons. The van der Waals surface area contributed by atoms with Gasteiger partial charge in [-0.2, -0.15) is 4.98 Å². The predicted octanol–water partition coefficient (Wildman–Crippen LogP) is 1.30. The van der Waals surface area contributed by atoms with E-state index in [1.807, 2.05) is 12.1 Å². The van der Waals surface area contributed by atoms with Crippen LogP contribution < -0.4 is 20.9 Å². The third kappa shape index (κ3) is 3.20. The maximum atomic E-state index is 9.94. The van der Waals surface area contributed by atoms with Gasteiger partial charge >= 0.3 is 0 Å². The van der Waals surface area contributed by atoms with Crippen LogP contribution in [-0.4, -0.2) is 29.3 Å². The number of methoxy groups -OCH3 is 2. The number of hydrogen-bond donors (Lipinski definition) is 3. The van der Waals surface area contributed by atoms with Crippen LogP contribution in [0.5, 0.6) is 11.5 Å². The minimum absolute atomic E-state index is 0.137. The average Bonchev–Trinajstić information content (AvgIpc) is 2.49. The van der Waals surface area contributed by atoms with E-state index in [2.05, 4.69) is 9.97 Å². The van der Waals surface area contributed by atoms with E-state index in [0.717, 1.165) is 11.1 Å². The Hall–Kier alpha value is -2.54. The summed E-state index contributed by atoms with van der Waals surface area (Å²) in [5.74, 6) is 1.53. The van der Waals surface area contributed by atoms with Crippen LogP contribution in [0.3, 0.4) is 0 Å². The molecule has 0 spiro atoms. The van der Waals surface area contributed by atoms with Crippen LogP contribution in [0.4, 0.5) is 11.8 Å². The molecule has 1 atom stereocenters. The number of aliphatic hydroxyl groups excluding tert-OH is 1. The maximum absolute atomic E-state index is 9.94. The summed E-state index contributed by atoms with van der Waals surface area (Å²) in [6, 6.07) is 3.68. The lowest BCUT2D eigenvalue weighted by atomic mass is 10.00. The topological polar surface area (TPSA) is 117 Å². The third-order valence-corrected chi connectivity index (χ3v) is 3.33. The molecule has 2 aromatic rings. The largest absolute Gasteiger partial charge is 0.493 e. The molecule has 0 bridgehead atoms. The van der Waals surface area contributed by atoms with Gasteiger partial charge in [0.1, 0.15) is 5.82 Å². The highest BCUT2D eigenvalue weighted by Gasteiger charge is 2.17. The SMILES string of the molecule is COc1cc(Cc2cnc(N)nc2N)cc(C(C)O)c1OC. The lowest BCUT2D eigenvalue weighted by Crippen LogP contribution is -2.05. The van der Waals surface area contributed by atoms with Crippen LogP contribution in [0.1, 0.15) is 29.7 Å². The summed E-state index contributed by atoms with van der Waals surface area (Å²) in [4.78, 5) is 7.89. The molecule has 0 fully saturated rings. The molecular weight excluding hydrogens is 284 g/mol. The van der Waals surface area contributed by atoms with E-state index in [1.54, 1.807) is 20.2 Å². The summed E-state index contributed by atoms with van der Waals surface area (Å²) in [5.41, 5.74) is 13.6. The van der Waals surface area contributed by atoms with Crippen molar-refractivity contribution in [3.8, 4) is 11.5 Å². The van der Waals surface area contributed by atoms with Crippen molar-refractivity contribution in [1.82, 2.24) is 9.97 Å². The lowest BCUT2D eigenvalue weighted by molar-refractivity contribution is 0.193. The van der Waals surface area contributed by atoms with Crippen LogP contribution in [0.15, 0.2) is 18.3 Å². The van der Waals surface area contributed by atoms with E-state index in [4.69, 9.17) is 20.9 Å². The zero-order valence-electron chi connectivity index (χ0n) is 12.8. The number of ether oxygens (including phenoxy) is 2. The summed E-state index contributed by atoms with van der Waals surface area (Å²) in [6.07, 6.45) is 1.40. The normalized spacial score (nSPS) is 12.0. The van der Waals surface area contributed by atoms with Crippen molar-refractivity contribution in [3.05, 3.63) is 35.0 Å². The van der Waals surface area contributed by atoms with Gasteiger partial charge in [-0.3, -0.25) is 0 Å². The Kier molecular flexibility index (Phi) is 4.67. The van der Waals surface area contributed by atoms with Crippen molar-refractivity contribution < 1.29 is 14.6 Å². The van der Waals surface area contributed by atoms with Crippen LogP contribution in [-0.2, 0) is 6.42 Å². The Morgan fingerprint density at radius 1 is 1.23 bits per heavy atom. The second-order valence-corrected chi connectivity index (χ2v) is 4.91. The summed E-state index contributed by atoms with van der Waals surface area (Å²) >= 11 is 0. The lowest BCUT2D eigenvalue weighted by Gasteiger charge is -2.17. The van der Waals surface area contributed by atoms with Crippen molar-refractivity contribution in [2.45, 2.75) is 19.4 Å². The molecule has 5 N–H and O–H groups in total. The van der Waals surface area contributed by atoms with E-state index in [-0.39, 0.29) is 5.95 Å². The minimum atomic E-state index is -0.691. The van der Waals surface area contributed by atoms with E-state index in [9.17, 15) is 5.11 Å². The average molecular weight is 304 g/mol. The summed E-state index contributed by atoms with van der Waals surface area (Å²) in [7, 11) is 3.09. The van der Waals surface area contributed by atoms with Gasteiger partial charge in [0.25, 0.3) is 0 Å². The molecule has 0 aliphatic rings. The van der Waals surface area contributed by atoms with Crippen LogP contribution in [0.2, 0.25) is 0 Å². The fourth-order valence-electron chi connectivity index (χ4n) is 2.26. The quantitative estimate of drug-likeness (QED) is 0.762. The first-order valence-electron chi connectivity index (χ1n) is 6.76. The highest BCUT2D eigenvalue weighted by Crippen LogP contribution is 2.36. The third-order valence-electron chi connectivity index (χ3n) is 3.33. The Morgan fingerprint density at radius 2 is 1.95 bits per heavy atom. The van der Waals surface area contributed by atoms with Gasteiger partial charge < -0.3 is 26.0 Å². The van der Waals surface area contributed by atoms with Crippen molar-refractivity contribution in [2.24, 2.45) is 0 Å². The van der Waals surface area contributed by atoms with Crippen LogP contribution in [0.25, 0.3) is 0 Å². The Labute approximate surface area is 128 Å². The van der Waals surface area contributed by atoms with E-state index >= 15 is 0 Å². The molecule has 0 aliphatic heterocycles. The fourth-order valence-corrected chi connectivity index (χ4v) is 2.26. The first-order valence-corrected chi connectivity index (χ1v) is 6.76. The number of rotatable bonds is 5.